The zero-order chi connectivity index (χ0) is 22.8. The average molecular weight is 461 g/mol. The maximum atomic E-state index is 13.7. The van der Waals surface area contributed by atoms with Crippen LogP contribution in [0.4, 0.5) is 0 Å². The van der Waals surface area contributed by atoms with Crippen molar-refractivity contribution in [2.75, 3.05) is 13.1 Å². The number of aromatic nitrogens is 3. The Bertz CT molecular complexity index is 1330. The number of benzene rings is 2. The van der Waals surface area contributed by atoms with Gasteiger partial charge in [0.1, 0.15) is 0 Å². The lowest BCUT2D eigenvalue weighted by Gasteiger charge is -2.31. The van der Waals surface area contributed by atoms with E-state index in [0.717, 1.165) is 42.6 Å². The zero-order valence-electron chi connectivity index (χ0n) is 18.9. The summed E-state index contributed by atoms with van der Waals surface area (Å²) in [5.41, 5.74) is 1.28. The highest BCUT2D eigenvalue weighted by atomic mass is 32.1. The number of hydrogen-bond acceptors (Lipinski definition) is 5. The number of aryl methyl sites for hydroxylation is 1. The summed E-state index contributed by atoms with van der Waals surface area (Å²) in [5, 5.41) is 6.88. The van der Waals surface area contributed by atoms with E-state index in [0.29, 0.717) is 36.1 Å². The number of hydrogen-bond donors (Lipinski definition) is 0. The second-order valence-electron chi connectivity index (χ2n) is 8.74. The minimum absolute atomic E-state index is 0.0961. The monoisotopic (exact) mass is 460 g/mol. The molecule has 3 heterocycles. The van der Waals surface area contributed by atoms with Crippen LogP contribution >= 0.6 is 11.3 Å². The molecule has 0 bridgehead atoms. The van der Waals surface area contributed by atoms with E-state index in [1.807, 2.05) is 41.3 Å². The molecule has 2 aromatic carbocycles. The Labute approximate surface area is 196 Å². The van der Waals surface area contributed by atoms with Crippen LogP contribution in [0.3, 0.4) is 0 Å². The number of rotatable bonds is 6. The topological polar surface area (TPSA) is 68.1 Å². The molecule has 170 valence electrons. The molecule has 4 aromatic rings. The number of unbranched alkanes of at least 4 members (excludes halogenated alkanes) is 2. The summed E-state index contributed by atoms with van der Waals surface area (Å²) < 4.78 is 2.67. The maximum Gasteiger partial charge on any atom is 0.274 e. The number of para-hydroxylation sites is 1. The Morgan fingerprint density at radius 3 is 2.70 bits per heavy atom. The minimum Gasteiger partial charge on any atom is -0.337 e. The van der Waals surface area contributed by atoms with Crippen LogP contribution in [-0.4, -0.2) is 38.7 Å². The Morgan fingerprint density at radius 2 is 1.88 bits per heavy atom. The number of thiazole rings is 1. The second-order valence-corrected chi connectivity index (χ2v) is 9.80. The largest absolute Gasteiger partial charge is 0.337 e. The number of likely N-dealkylation sites (tertiary alicyclic amines) is 1. The SMILES string of the molecule is CCCCCn1nc(C(=O)N2CCCC(c3nc4ccccc4s3)C2)c2ccccc2c1=O. The fourth-order valence-electron chi connectivity index (χ4n) is 4.63. The molecular weight excluding hydrogens is 432 g/mol. The van der Waals surface area contributed by atoms with E-state index < -0.39 is 0 Å². The fraction of sp³-hybridized carbons (Fsp3) is 0.385. The van der Waals surface area contributed by atoms with Crippen molar-refractivity contribution >= 4 is 38.2 Å². The Hall–Kier alpha value is -3.06. The van der Waals surface area contributed by atoms with Gasteiger partial charge in [-0.25, -0.2) is 9.67 Å². The van der Waals surface area contributed by atoms with Crippen LogP contribution in [0, 0.1) is 0 Å². The third-order valence-corrected chi connectivity index (χ3v) is 7.61. The standard InChI is InChI=1S/C26H28N4O2S/c1-2-3-8-16-30-25(31)20-12-5-4-11-19(20)23(28-30)26(32)29-15-9-10-18(17-29)24-27-21-13-6-7-14-22(21)33-24/h4-7,11-14,18H,2-3,8-10,15-17H2,1H3. The molecule has 1 amide bonds. The van der Waals surface area contributed by atoms with Gasteiger partial charge in [0.15, 0.2) is 5.69 Å². The molecule has 1 atom stereocenters. The van der Waals surface area contributed by atoms with Gasteiger partial charge in [0.05, 0.1) is 20.6 Å². The summed E-state index contributed by atoms with van der Waals surface area (Å²) >= 11 is 1.72. The molecule has 0 aliphatic carbocycles. The van der Waals surface area contributed by atoms with Gasteiger partial charge in [0, 0.05) is 30.9 Å². The van der Waals surface area contributed by atoms with Gasteiger partial charge in [-0.1, -0.05) is 50.1 Å². The van der Waals surface area contributed by atoms with Crippen LogP contribution in [0.25, 0.3) is 21.0 Å². The lowest BCUT2D eigenvalue weighted by Crippen LogP contribution is -2.40. The lowest BCUT2D eigenvalue weighted by molar-refractivity contribution is 0.0700. The summed E-state index contributed by atoms with van der Waals surface area (Å²) in [6.45, 7) is 3.99. The van der Waals surface area contributed by atoms with Gasteiger partial charge in [-0.05, 0) is 37.5 Å². The Kier molecular flexibility index (Phi) is 6.22. The average Bonchev–Trinajstić information content (AvgIpc) is 3.30. The molecule has 1 aliphatic rings. The quantitative estimate of drug-likeness (QED) is 0.370. The fourth-order valence-corrected chi connectivity index (χ4v) is 5.73. The minimum atomic E-state index is -0.121. The van der Waals surface area contributed by atoms with E-state index >= 15 is 0 Å². The highest BCUT2D eigenvalue weighted by molar-refractivity contribution is 7.18. The summed E-state index contributed by atoms with van der Waals surface area (Å²) in [6, 6.07) is 15.5. The van der Waals surface area contributed by atoms with Crippen LogP contribution in [0.1, 0.15) is 60.4 Å². The van der Waals surface area contributed by atoms with Crippen LogP contribution in [0.5, 0.6) is 0 Å². The predicted octanol–water partition coefficient (Wildman–Crippen LogP) is 5.22. The first kappa shape index (κ1) is 21.8. The van der Waals surface area contributed by atoms with Crippen molar-refractivity contribution in [2.24, 2.45) is 0 Å². The van der Waals surface area contributed by atoms with Crippen LogP contribution in [0.15, 0.2) is 53.3 Å². The van der Waals surface area contributed by atoms with Crippen LogP contribution in [0.2, 0.25) is 0 Å². The van der Waals surface area contributed by atoms with Crippen molar-refractivity contribution < 1.29 is 4.79 Å². The summed E-state index contributed by atoms with van der Waals surface area (Å²) in [4.78, 5) is 33.4. The third kappa shape index (κ3) is 4.29. The Balaban J connectivity index is 1.46. The molecular formula is C26H28N4O2S. The smallest absolute Gasteiger partial charge is 0.274 e. The van der Waals surface area contributed by atoms with Gasteiger partial charge in [-0.3, -0.25) is 9.59 Å². The van der Waals surface area contributed by atoms with Gasteiger partial charge in [0.25, 0.3) is 11.5 Å². The molecule has 5 rings (SSSR count). The molecule has 2 aromatic heterocycles. The predicted molar refractivity (Wildman–Crippen MR) is 133 cm³/mol. The van der Waals surface area contributed by atoms with Gasteiger partial charge < -0.3 is 4.90 Å². The molecule has 7 heteroatoms. The third-order valence-electron chi connectivity index (χ3n) is 6.41. The summed E-state index contributed by atoms with van der Waals surface area (Å²) in [6.07, 6.45) is 4.92. The van der Waals surface area contributed by atoms with Crippen molar-refractivity contribution in [3.8, 4) is 0 Å². The molecule has 1 aliphatic heterocycles. The number of fused-ring (bicyclic) bond motifs is 2. The van der Waals surface area contributed by atoms with Crippen LogP contribution in [-0.2, 0) is 6.54 Å². The number of amides is 1. The van der Waals surface area contributed by atoms with E-state index in [1.54, 1.807) is 17.4 Å². The molecule has 0 N–H and O–H groups in total. The van der Waals surface area contributed by atoms with Gasteiger partial charge in [-0.2, -0.15) is 5.10 Å². The van der Waals surface area contributed by atoms with E-state index in [-0.39, 0.29) is 17.4 Å². The van der Waals surface area contributed by atoms with Crippen LogP contribution < -0.4 is 5.56 Å². The molecule has 33 heavy (non-hydrogen) atoms. The number of carbonyl (C=O) groups excluding carboxylic acids is 1. The van der Waals surface area contributed by atoms with Crippen molar-refractivity contribution in [2.45, 2.75) is 51.5 Å². The maximum absolute atomic E-state index is 13.7. The van der Waals surface area contributed by atoms with Crippen molar-refractivity contribution in [1.29, 1.82) is 0 Å². The van der Waals surface area contributed by atoms with Gasteiger partial charge in [0.2, 0.25) is 0 Å². The van der Waals surface area contributed by atoms with Gasteiger partial charge in [-0.15, -0.1) is 11.3 Å². The number of nitrogens with zero attached hydrogens (tertiary/aromatic N) is 4. The molecule has 6 nitrogen and oxygen atoms in total. The van der Waals surface area contributed by atoms with E-state index in [2.05, 4.69) is 18.1 Å². The molecule has 0 radical (unpaired) electrons. The number of piperidine rings is 1. The zero-order valence-corrected chi connectivity index (χ0v) is 19.7. The van der Waals surface area contributed by atoms with E-state index in [9.17, 15) is 9.59 Å². The van der Waals surface area contributed by atoms with Crippen molar-refractivity contribution in [3.05, 3.63) is 69.6 Å². The molecule has 1 unspecified atom stereocenters. The highest BCUT2D eigenvalue weighted by Crippen LogP contribution is 2.33. The summed E-state index contributed by atoms with van der Waals surface area (Å²) in [7, 11) is 0. The van der Waals surface area contributed by atoms with Crippen molar-refractivity contribution in [3.63, 3.8) is 0 Å². The van der Waals surface area contributed by atoms with Gasteiger partial charge >= 0.3 is 0 Å². The Morgan fingerprint density at radius 1 is 1.09 bits per heavy atom. The van der Waals surface area contributed by atoms with E-state index in [4.69, 9.17) is 4.98 Å². The number of carbonyl (C=O) groups is 1. The molecule has 0 spiro atoms. The molecule has 1 saturated heterocycles. The first-order valence-electron chi connectivity index (χ1n) is 11.8. The first-order valence-corrected chi connectivity index (χ1v) is 12.6. The van der Waals surface area contributed by atoms with Crippen molar-refractivity contribution in [1.82, 2.24) is 19.7 Å². The normalized spacial score (nSPS) is 16.5. The second kappa shape index (κ2) is 9.43. The lowest BCUT2D eigenvalue weighted by atomic mass is 9.98. The molecule has 1 fully saturated rings. The first-order chi connectivity index (χ1) is 16.2. The van der Waals surface area contributed by atoms with E-state index in [1.165, 1.54) is 9.38 Å². The molecule has 0 saturated carbocycles. The highest BCUT2D eigenvalue weighted by Gasteiger charge is 2.29. The summed E-state index contributed by atoms with van der Waals surface area (Å²) in [5.74, 6) is 0.128.